The van der Waals surface area contributed by atoms with Crippen LogP contribution in [0.5, 0.6) is 0 Å². The molecule has 0 aromatic rings. The number of thiocarbonyl (C=S) groups is 1. The number of nitrogens with zero attached hydrogens (tertiary/aromatic N) is 3. The van der Waals surface area contributed by atoms with Gasteiger partial charge >= 0.3 is 0 Å². The van der Waals surface area contributed by atoms with Crippen molar-refractivity contribution in [2.24, 2.45) is 0 Å². The number of nitrogens with one attached hydrogen (secondary N) is 1. The topological polar surface area (TPSA) is 42.3 Å². The van der Waals surface area contributed by atoms with Crippen molar-refractivity contribution in [2.75, 3.05) is 39.3 Å². The summed E-state index contributed by atoms with van der Waals surface area (Å²) in [4.78, 5) is 4.47. The van der Waals surface area contributed by atoms with E-state index in [0.717, 1.165) is 37.8 Å². The predicted octanol–water partition coefficient (Wildman–Crippen LogP) is 0.578. The molecule has 0 aromatic heterocycles. The molecule has 0 aromatic carbocycles. The van der Waals surface area contributed by atoms with Gasteiger partial charge in [-0.05, 0) is 12.2 Å². The maximum atomic E-state index is 8.51. The lowest BCUT2D eigenvalue weighted by molar-refractivity contribution is 0.184. The summed E-state index contributed by atoms with van der Waals surface area (Å²) in [5.74, 6) is 0. The molecule has 1 heterocycles. The van der Waals surface area contributed by atoms with Crippen molar-refractivity contribution >= 4 is 17.3 Å². The third-order valence-electron chi connectivity index (χ3n) is 2.60. The monoisotopic (exact) mass is 238 g/mol. The first-order valence-corrected chi connectivity index (χ1v) is 5.91. The maximum Gasteiger partial charge on any atom is 0.169 e. The highest BCUT2D eigenvalue weighted by Gasteiger charge is 2.17. The second-order valence-corrected chi connectivity index (χ2v) is 4.10. The van der Waals surface area contributed by atoms with E-state index in [1.807, 2.05) is 0 Å². The van der Waals surface area contributed by atoms with E-state index in [1.165, 1.54) is 0 Å². The summed E-state index contributed by atoms with van der Waals surface area (Å²) in [5, 5.41) is 12.4. The minimum atomic E-state index is 0.610. The van der Waals surface area contributed by atoms with Crippen LogP contribution in [0.3, 0.4) is 0 Å². The van der Waals surface area contributed by atoms with Crippen molar-refractivity contribution in [1.29, 1.82) is 5.26 Å². The van der Waals surface area contributed by atoms with Crippen molar-refractivity contribution in [3.8, 4) is 6.07 Å². The van der Waals surface area contributed by atoms with Crippen LogP contribution >= 0.6 is 12.2 Å². The Morgan fingerprint density at radius 3 is 2.69 bits per heavy atom. The van der Waals surface area contributed by atoms with Gasteiger partial charge in [0.2, 0.25) is 0 Å². The van der Waals surface area contributed by atoms with Crippen LogP contribution in [0.4, 0.5) is 0 Å². The molecule has 0 aliphatic carbocycles. The molecule has 16 heavy (non-hydrogen) atoms. The number of nitriles is 1. The minimum Gasteiger partial charge on any atom is -0.359 e. The molecule has 1 aliphatic rings. The largest absolute Gasteiger partial charge is 0.359 e. The first-order valence-electron chi connectivity index (χ1n) is 5.51. The normalized spacial score (nSPS) is 16.6. The zero-order valence-electron chi connectivity index (χ0n) is 9.48. The number of piperazine rings is 1. The SMILES string of the molecule is C=CCNC(=S)N1CCN(CCC#N)CC1. The van der Waals surface area contributed by atoms with Crippen LogP contribution in [0.1, 0.15) is 6.42 Å². The molecule has 1 fully saturated rings. The van der Waals surface area contributed by atoms with Gasteiger partial charge in [0.1, 0.15) is 0 Å². The number of hydrogen-bond acceptors (Lipinski definition) is 3. The van der Waals surface area contributed by atoms with Gasteiger partial charge in [-0.15, -0.1) is 6.58 Å². The lowest BCUT2D eigenvalue weighted by atomic mass is 10.3. The summed E-state index contributed by atoms with van der Waals surface area (Å²) >= 11 is 5.26. The second kappa shape index (κ2) is 7.20. The smallest absolute Gasteiger partial charge is 0.169 e. The molecule has 0 radical (unpaired) electrons. The van der Waals surface area contributed by atoms with E-state index in [2.05, 4.69) is 27.8 Å². The molecule has 5 heteroatoms. The van der Waals surface area contributed by atoms with Gasteiger partial charge in [0.05, 0.1) is 6.07 Å². The summed E-state index contributed by atoms with van der Waals surface area (Å²) in [7, 11) is 0. The highest BCUT2D eigenvalue weighted by atomic mass is 32.1. The van der Waals surface area contributed by atoms with Gasteiger partial charge in [0.15, 0.2) is 5.11 Å². The van der Waals surface area contributed by atoms with Gasteiger partial charge in [0.25, 0.3) is 0 Å². The fourth-order valence-electron chi connectivity index (χ4n) is 1.65. The van der Waals surface area contributed by atoms with Crippen molar-refractivity contribution in [1.82, 2.24) is 15.1 Å². The molecule has 0 spiro atoms. The van der Waals surface area contributed by atoms with Crippen molar-refractivity contribution in [3.05, 3.63) is 12.7 Å². The Hall–Kier alpha value is -1.12. The van der Waals surface area contributed by atoms with E-state index in [-0.39, 0.29) is 0 Å². The average molecular weight is 238 g/mol. The van der Waals surface area contributed by atoms with Crippen LogP contribution in [0.25, 0.3) is 0 Å². The Balaban J connectivity index is 2.23. The van der Waals surface area contributed by atoms with Crippen molar-refractivity contribution in [2.45, 2.75) is 6.42 Å². The third-order valence-corrected chi connectivity index (χ3v) is 3.00. The molecule has 1 N–H and O–H groups in total. The Bertz CT molecular complexity index is 276. The highest BCUT2D eigenvalue weighted by Crippen LogP contribution is 2.02. The Labute approximate surface area is 103 Å². The summed E-state index contributed by atoms with van der Waals surface area (Å²) in [6, 6.07) is 2.17. The molecule has 1 aliphatic heterocycles. The average Bonchev–Trinajstić information content (AvgIpc) is 2.34. The first-order chi connectivity index (χ1) is 7.77. The fraction of sp³-hybridized carbons (Fsp3) is 0.636. The van der Waals surface area contributed by atoms with Crippen LogP contribution in [0.15, 0.2) is 12.7 Å². The number of rotatable bonds is 4. The van der Waals surface area contributed by atoms with Gasteiger partial charge in [-0.1, -0.05) is 6.08 Å². The van der Waals surface area contributed by atoms with Crippen LogP contribution in [0, 0.1) is 11.3 Å². The molecule has 88 valence electrons. The van der Waals surface area contributed by atoms with E-state index in [4.69, 9.17) is 17.5 Å². The molecule has 0 atom stereocenters. The molecular weight excluding hydrogens is 220 g/mol. The van der Waals surface area contributed by atoms with E-state index in [9.17, 15) is 0 Å². The van der Waals surface area contributed by atoms with Crippen molar-refractivity contribution in [3.63, 3.8) is 0 Å². The van der Waals surface area contributed by atoms with Gasteiger partial charge < -0.3 is 10.2 Å². The zero-order valence-corrected chi connectivity index (χ0v) is 10.3. The van der Waals surface area contributed by atoms with E-state index in [1.54, 1.807) is 6.08 Å². The van der Waals surface area contributed by atoms with Crippen LogP contribution < -0.4 is 5.32 Å². The van der Waals surface area contributed by atoms with E-state index < -0.39 is 0 Å². The summed E-state index contributed by atoms with van der Waals surface area (Å²) in [5.41, 5.74) is 0. The first kappa shape index (κ1) is 12.9. The van der Waals surface area contributed by atoms with E-state index >= 15 is 0 Å². The molecule has 1 rings (SSSR count). The molecule has 0 bridgehead atoms. The van der Waals surface area contributed by atoms with Gasteiger partial charge in [-0.2, -0.15) is 5.26 Å². The minimum absolute atomic E-state index is 0.610. The fourth-order valence-corrected chi connectivity index (χ4v) is 1.92. The van der Waals surface area contributed by atoms with Crippen LogP contribution in [-0.2, 0) is 0 Å². The van der Waals surface area contributed by atoms with Gasteiger partial charge in [0, 0.05) is 45.7 Å². The molecule has 0 saturated carbocycles. The zero-order chi connectivity index (χ0) is 11.8. The number of hydrogen-bond donors (Lipinski definition) is 1. The van der Waals surface area contributed by atoms with Crippen LogP contribution in [0.2, 0.25) is 0 Å². The molecular formula is C11H18N4S. The predicted molar refractivity (Wildman–Crippen MR) is 69.0 cm³/mol. The van der Waals surface area contributed by atoms with Gasteiger partial charge in [-0.25, -0.2) is 0 Å². The Morgan fingerprint density at radius 2 is 2.12 bits per heavy atom. The molecule has 4 nitrogen and oxygen atoms in total. The maximum absolute atomic E-state index is 8.51. The highest BCUT2D eigenvalue weighted by molar-refractivity contribution is 7.80. The van der Waals surface area contributed by atoms with Crippen LogP contribution in [-0.4, -0.2) is 54.2 Å². The summed E-state index contributed by atoms with van der Waals surface area (Å²) < 4.78 is 0. The second-order valence-electron chi connectivity index (χ2n) is 3.71. The Kier molecular flexibility index (Phi) is 5.83. The lowest BCUT2D eigenvalue weighted by Gasteiger charge is -2.35. The molecule has 0 unspecified atom stereocenters. The standard InChI is InChI=1S/C11H18N4S/c1-2-5-13-11(16)15-9-7-14(8-10-15)6-3-4-12/h2H,1,3,5-10H2,(H,13,16). The Morgan fingerprint density at radius 1 is 1.44 bits per heavy atom. The van der Waals surface area contributed by atoms with Crippen molar-refractivity contribution < 1.29 is 0 Å². The summed E-state index contributed by atoms with van der Waals surface area (Å²) in [6.07, 6.45) is 2.41. The van der Waals surface area contributed by atoms with E-state index in [0.29, 0.717) is 13.0 Å². The molecule has 1 saturated heterocycles. The van der Waals surface area contributed by atoms with Gasteiger partial charge in [-0.3, -0.25) is 4.90 Å². The molecule has 0 amide bonds. The third kappa shape index (κ3) is 4.17. The quantitative estimate of drug-likeness (QED) is 0.573. The summed E-state index contributed by atoms with van der Waals surface area (Å²) in [6.45, 7) is 9.08. The lowest BCUT2D eigenvalue weighted by Crippen LogP contribution is -2.51.